The Bertz CT molecular complexity index is 931. The molecule has 0 aliphatic carbocycles. The van der Waals surface area contributed by atoms with E-state index < -0.39 is 28.1 Å². The summed E-state index contributed by atoms with van der Waals surface area (Å²) in [4.78, 5) is 32.8. The number of aryl methyl sites for hydroxylation is 2. The molecule has 0 aliphatic heterocycles. The van der Waals surface area contributed by atoms with E-state index >= 15 is 0 Å². The number of carbonyl (C=O) groups is 1. The number of amides is 1. The highest BCUT2D eigenvalue weighted by Gasteiger charge is 2.33. The number of ether oxygens (including phenoxy) is 1. The molecule has 1 aromatic carbocycles. The fraction of sp³-hybridized carbons (Fsp3) is 0.389. The highest BCUT2D eigenvalue weighted by Crippen LogP contribution is 2.31. The number of rotatable bonds is 4. The molecule has 0 unspecified atom stereocenters. The van der Waals surface area contributed by atoms with E-state index in [4.69, 9.17) is 4.74 Å². The summed E-state index contributed by atoms with van der Waals surface area (Å²) in [5.41, 5.74) is -1.05. The first kappa shape index (κ1) is 21.7. The first-order chi connectivity index (χ1) is 12.9. The Hall–Kier alpha value is -2.62. The first-order valence-corrected chi connectivity index (χ1v) is 9.12. The summed E-state index contributed by atoms with van der Waals surface area (Å²) >= 11 is 3.17. The minimum absolute atomic E-state index is 0.0948. The third kappa shape index (κ3) is 5.22. The van der Waals surface area contributed by atoms with Crippen LogP contribution in [0.5, 0.6) is 0 Å². The second-order valence-corrected chi connectivity index (χ2v) is 8.00. The first-order valence-electron chi connectivity index (χ1n) is 8.33. The summed E-state index contributed by atoms with van der Waals surface area (Å²) in [7, 11) is 0. The van der Waals surface area contributed by atoms with Crippen molar-refractivity contribution >= 4 is 33.5 Å². The van der Waals surface area contributed by atoms with Crippen LogP contribution in [0.3, 0.4) is 0 Å². The summed E-state index contributed by atoms with van der Waals surface area (Å²) in [6.07, 6.45) is -0.879. The topological polar surface area (TPSA) is 98.5 Å². The summed E-state index contributed by atoms with van der Waals surface area (Å²) in [5.74, 6) is -0.581. The Morgan fingerprint density at radius 2 is 1.96 bits per heavy atom. The molecule has 150 valence electrons. The zero-order valence-electron chi connectivity index (χ0n) is 16.1. The Balaban J connectivity index is 2.62. The van der Waals surface area contributed by atoms with Crippen LogP contribution in [-0.4, -0.2) is 26.6 Å². The number of nitrogens with zero attached hydrogens (tertiary/aromatic N) is 4. The molecular weight excluding hydrogens is 435 g/mol. The molecule has 0 aliphatic rings. The maximum absolute atomic E-state index is 14.4. The van der Waals surface area contributed by atoms with Crippen LogP contribution in [0.4, 0.5) is 20.7 Å². The smallest absolute Gasteiger partial charge is 0.416 e. The zero-order chi connectivity index (χ0) is 21.2. The highest BCUT2D eigenvalue weighted by molar-refractivity contribution is 9.10. The molecule has 1 heterocycles. The fourth-order valence-corrected chi connectivity index (χ4v) is 2.79. The molecule has 8 nitrogen and oxygen atoms in total. The van der Waals surface area contributed by atoms with E-state index in [1.54, 1.807) is 33.8 Å². The van der Waals surface area contributed by atoms with Crippen molar-refractivity contribution in [1.29, 1.82) is 0 Å². The Kier molecular flexibility index (Phi) is 6.33. The van der Waals surface area contributed by atoms with Crippen LogP contribution in [-0.2, 0) is 11.3 Å². The van der Waals surface area contributed by atoms with Gasteiger partial charge in [-0.05, 0) is 46.8 Å². The van der Waals surface area contributed by atoms with Gasteiger partial charge in [0.2, 0.25) is 5.82 Å². The minimum atomic E-state index is -0.879. The predicted molar refractivity (Wildman–Crippen MR) is 105 cm³/mol. The van der Waals surface area contributed by atoms with Crippen molar-refractivity contribution in [3.05, 3.63) is 55.7 Å². The van der Waals surface area contributed by atoms with E-state index in [0.29, 0.717) is 4.47 Å². The predicted octanol–water partition coefficient (Wildman–Crippen LogP) is 4.84. The van der Waals surface area contributed by atoms with Gasteiger partial charge in [-0.1, -0.05) is 22.0 Å². The summed E-state index contributed by atoms with van der Waals surface area (Å²) < 4.78 is 20.3. The summed E-state index contributed by atoms with van der Waals surface area (Å²) in [6.45, 7) is 7.68. The van der Waals surface area contributed by atoms with Crippen LogP contribution in [0.1, 0.15) is 37.9 Å². The number of aromatic nitrogens is 2. The Morgan fingerprint density at radius 3 is 2.50 bits per heavy atom. The molecule has 0 bridgehead atoms. The van der Waals surface area contributed by atoms with Crippen LogP contribution >= 0.6 is 15.9 Å². The van der Waals surface area contributed by atoms with Gasteiger partial charge >= 0.3 is 11.8 Å². The van der Waals surface area contributed by atoms with Gasteiger partial charge in [-0.25, -0.2) is 19.2 Å². The van der Waals surface area contributed by atoms with Crippen molar-refractivity contribution in [3.8, 4) is 0 Å². The number of anilines is 1. The lowest BCUT2D eigenvalue weighted by Gasteiger charge is -2.27. The van der Waals surface area contributed by atoms with Crippen LogP contribution in [0, 0.1) is 29.8 Å². The van der Waals surface area contributed by atoms with Gasteiger partial charge in [-0.3, -0.25) is 15.0 Å². The lowest BCUT2D eigenvalue weighted by Crippen LogP contribution is -2.37. The van der Waals surface area contributed by atoms with Gasteiger partial charge in [-0.15, -0.1) is 0 Å². The number of hydrogen-bond donors (Lipinski definition) is 0. The van der Waals surface area contributed by atoms with Gasteiger partial charge in [0.25, 0.3) is 0 Å². The van der Waals surface area contributed by atoms with Gasteiger partial charge in [0.1, 0.15) is 22.9 Å². The number of hydrogen-bond acceptors (Lipinski definition) is 6. The van der Waals surface area contributed by atoms with Crippen LogP contribution in [0.25, 0.3) is 0 Å². The molecule has 0 saturated heterocycles. The number of benzene rings is 1. The van der Waals surface area contributed by atoms with Crippen LogP contribution in [0.2, 0.25) is 0 Å². The summed E-state index contributed by atoms with van der Waals surface area (Å²) in [6, 6.07) is 4.33. The van der Waals surface area contributed by atoms with E-state index in [0.717, 1.165) is 4.90 Å². The minimum Gasteiger partial charge on any atom is -0.443 e. The fourth-order valence-electron chi connectivity index (χ4n) is 2.45. The molecule has 2 rings (SSSR count). The number of halogens is 2. The van der Waals surface area contributed by atoms with Crippen molar-refractivity contribution < 1.29 is 18.8 Å². The van der Waals surface area contributed by atoms with Gasteiger partial charge < -0.3 is 4.74 Å². The molecule has 0 fully saturated rings. The molecule has 0 N–H and O–H groups in total. The molecular formula is C18H20BrFN4O4. The van der Waals surface area contributed by atoms with Gasteiger partial charge in [-0.2, -0.15) is 0 Å². The average molecular weight is 455 g/mol. The van der Waals surface area contributed by atoms with Crippen molar-refractivity contribution in [3.63, 3.8) is 0 Å². The van der Waals surface area contributed by atoms with Gasteiger partial charge in [0.15, 0.2) is 0 Å². The van der Waals surface area contributed by atoms with E-state index in [9.17, 15) is 19.3 Å². The third-order valence-electron chi connectivity index (χ3n) is 3.55. The van der Waals surface area contributed by atoms with Gasteiger partial charge in [0, 0.05) is 10.0 Å². The molecule has 10 heteroatoms. The number of nitro groups is 1. The monoisotopic (exact) mass is 454 g/mol. The van der Waals surface area contributed by atoms with Crippen LogP contribution in [0.15, 0.2) is 22.7 Å². The lowest BCUT2D eigenvalue weighted by atomic mass is 10.2. The normalized spacial score (nSPS) is 11.2. The molecule has 0 spiro atoms. The Labute approximate surface area is 170 Å². The summed E-state index contributed by atoms with van der Waals surface area (Å²) in [5, 5.41) is 11.6. The van der Waals surface area contributed by atoms with Crippen molar-refractivity contribution in [2.75, 3.05) is 4.90 Å². The van der Waals surface area contributed by atoms with E-state index in [1.807, 2.05) is 0 Å². The molecule has 0 saturated carbocycles. The highest BCUT2D eigenvalue weighted by atomic mass is 79.9. The second-order valence-electron chi connectivity index (χ2n) is 7.09. The van der Waals surface area contributed by atoms with E-state index in [2.05, 4.69) is 25.9 Å². The second kappa shape index (κ2) is 8.17. The van der Waals surface area contributed by atoms with Gasteiger partial charge in [0.05, 0.1) is 11.5 Å². The van der Waals surface area contributed by atoms with Crippen LogP contribution < -0.4 is 4.90 Å². The van der Waals surface area contributed by atoms with Crippen molar-refractivity contribution in [1.82, 2.24) is 9.97 Å². The molecule has 1 aromatic heterocycles. The molecule has 1 amide bonds. The molecule has 0 atom stereocenters. The van der Waals surface area contributed by atoms with E-state index in [-0.39, 0.29) is 29.4 Å². The molecule has 2 aromatic rings. The molecule has 28 heavy (non-hydrogen) atoms. The van der Waals surface area contributed by atoms with Crippen molar-refractivity contribution in [2.24, 2.45) is 0 Å². The maximum atomic E-state index is 14.4. The Morgan fingerprint density at radius 1 is 1.32 bits per heavy atom. The quantitative estimate of drug-likeness (QED) is 0.483. The lowest BCUT2D eigenvalue weighted by molar-refractivity contribution is -0.385. The SMILES string of the molecule is Cc1nc(C)c([N+](=O)[O-])c(N(Cc2ccc(Br)cc2F)C(=O)OC(C)(C)C)n1. The number of carbonyl (C=O) groups excluding carboxylic acids is 1. The zero-order valence-corrected chi connectivity index (χ0v) is 17.7. The maximum Gasteiger partial charge on any atom is 0.416 e. The van der Waals surface area contributed by atoms with Crippen molar-refractivity contribution in [2.45, 2.75) is 46.8 Å². The third-order valence-corrected chi connectivity index (χ3v) is 4.04. The molecule has 0 radical (unpaired) electrons. The average Bonchev–Trinajstić information content (AvgIpc) is 2.51. The standard InChI is InChI=1S/C18H20BrFN4O4/c1-10-15(24(26)27)16(22-11(2)21-10)23(17(25)28-18(3,4)5)9-12-6-7-13(19)8-14(12)20/h6-8H,9H2,1-5H3. The largest absolute Gasteiger partial charge is 0.443 e. The van der Waals surface area contributed by atoms with E-state index in [1.165, 1.54) is 19.1 Å².